The second-order valence-electron chi connectivity index (χ2n) is 5.43. The maximum absolute atomic E-state index is 11.6. The van der Waals surface area contributed by atoms with E-state index in [1.165, 1.54) is 19.4 Å². The van der Waals surface area contributed by atoms with Crippen molar-refractivity contribution in [1.82, 2.24) is 20.4 Å². The van der Waals surface area contributed by atoms with E-state index in [1.807, 2.05) is 0 Å². The highest BCUT2D eigenvalue weighted by atomic mass is 16.2. The third-order valence-corrected chi connectivity index (χ3v) is 3.70. The van der Waals surface area contributed by atoms with Crippen LogP contribution >= 0.6 is 0 Å². The van der Waals surface area contributed by atoms with Gasteiger partial charge in [-0.25, -0.2) is 4.99 Å². The molecule has 6 nitrogen and oxygen atoms in total. The molecule has 1 fully saturated rings. The summed E-state index contributed by atoms with van der Waals surface area (Å²) in [4.78, 5) is 20.0. The topological polar surface area (TPSA) is 60.0 Å². The largest absolute Gasteiger partial charge is 0.355 e. The number of guanidine groups is 1. The molecule has 1 aliphatic heterocycles. The second kappa shape index (κ2) is 9.39. The summed E-state index contributed by atoms with van der Waals surface area (Å²) in [7, 11) is 3.47. The summed E-state index contributed by atoms with van der Waals surface area (Å²) in [5.74, 6) is 0.666. The van der Waals surface area contributed by atoms with Crippen molar-refractivity contribution in [3.05, 3.63) is 12.7 Å². The van der Waals surface area contributed by atoms with Crippen molar-refractivity contribution >= 4 is 11.9 Å². The normalized spacial score (nSPS) is 19.4. The Morgan fingerprint density at radius 3 is 2.86 bits per heavy atom. The van der Waals surface area contributed by atoms with E-state index in [0.29, 0.717) is 18.5 Å². The molecule has 0 aromatic carbocycles. The van der Waals surface area contributed by atoms with Crippen molar-refractivity contribution in [1.29, 1.82) is 0 Å². The summed E-state index contributed by atoms with van der Waals surface area (Å²) in [6, 6.07) is 0.551. The van der Waals surface area contributed by atoms with Crippen LogP contribution in [0.1, 0.15) is 19.8 Å². The van der Waals surface area contributed by atoms with Gasteiger partial charge in [-0.2, -0.15) is 0 Å². The minimum Gasteiger partial charge on any atom is -0.355 e. The lowest BCUT2D eigenvalue weighted by Gasteiger charge is -2.24. The van der Waals surface area contributed by atoms with Crippen molar-refractivity contribution in [2.24, 2.45) is 4.99 Å². The van der Waals surface area contributed by atoms with Crippen LogP contribution in [0.5, 0.6) is 0 Å². The first-order chi connectivity index (χ1) is 10.1. The van der Waals surface area contributed by atoms with Crippen LogP contribution < -0.4 is 10.6 Å². The molecule has 120 valence electrons. The van der Waals surface area contributed by atoms with Crippen molar-refractivity contribution in [3.8, 4) is 0 Å². The van der Waals surface area contributed by atoms with E-state index < -0.39 is 0 Å². The first-order valence-corrected chi connectivity index (χ1v) is 7.65. The lowest BCUT2D eigenvalue weighted by Crippen LogP contribution is -2.45. The van der Waals surface area contributed by atoms with Gasteiger partial charge in [0.15, 0.2) is 5.96 Å². The van der Waals surface area contributed by atoms with Gasteiger partial charge in [0.1, 0.15) is 6.54 Å². The van der Waals surface area contributed by atoms with Gasteiger partial charge in [0.2, 0.25) is 5.91 Å². The molecule has 0 radical (unpaired) electrons. The molecule has 21 heavy (non-hydrogen) atoms. The smallest absolute Gasteiger partial charge is 0.243 e. The Morgan fingerprint density at radius 2 is 2.24 bits per heavy atom. The van der Waals surface area contributed by atoms with E-state index in [-0.39, 0.29) is 12.5 Å². The first kappa shape index (κ1) is 17.5. The van der Waals surface area contributed by atoms with Crippen molar-refractivity contribution in [2.45, 2.75) is 25.8 Å². The Kier molecular flexibility index (Phi) is 7.82. The SMILES string of the molecule is C=CCNC(=NCC(=O)N(C)C)NCC1CCCN1CC. The highest BCUT2D eigenvalue weighted by molar-refractivity contribution is 5.84. The maximum atomic E-state index is 11.6. The van der Waals surface area contributed by atoms with Gasteiger partial charge in [-0.05, 0) is 25.9 Å². The van der Waals surface area contributed by atoms with E-state index in [2.05, 4.69) is 34.0 Å². The molecule has 2 N–H and O–H groups in total. The number of rotatable bonds is 7. The fourth-order valence-electron chi connectivity index (χ4n) is 2.39. The molecular formula is C15H29N5O. The van der Waals surface area contributed by atoms with Crippen molar-refractivity contribution in [3.63, 3.8) is 0 Å². The number of carbonyl (C=O) groups is 1. The van der Waals surface area contributed by atoms with Crippen LogP contribution in [-0.2, 0) is 4.79 Å². The molecule has 0 aromatic rings. The van der Waals surface area contributed by atoms with E-state index in [9.17, 15) is 4.79 Å². The maximum Gasteiger partial charge on any atom is 0.243 e. The van der Waals surface area contributed by atoms with E-state index in [0.717, 1.165) is 13.1 Å². The molecule has 0 aliphatic carbocycles. The number of nitrogens with zero attached hydrogens (tertiary/aromatic N) is 3. The van der Waals surface area contributed by atoms with Crippen molar-refractivity contribution in [2.75, 3.05) is 46.8 Å². The Hall–Kier alpha value is -1.56. The summed E-state index contributed by atoms with van der Waals surface area (Å²) in [5.41, 5.74) is 0. The minimum absolute atomic E-state index is 0.00856. The molecule has 1 heterocycles. The zero-order chi connectivity index (χ0) is 15.7. The molecule has 0 bridgehead atoms. The summed E-state index contributed by atoms with van der Waals surface area (Å²) >= 11 is 0. The average Bonchev–Trinajstić information content (AvgIpc) is 2.93. The lowest BCUT2D eigenvalue weighted by molar-refractivity contribution is -0.127. The van der Waals surface area contributed by atoms with Gasteiger partial charge in [-0.3, -0.25) is 9.69 Å². The molecule has 1 atom stereocenters. The molecule has 0 saturated carbocycles. The van der Waals surface area contributed by atoms with Crippen LogP contribution in [-0.4, -0.2) is 74.5 Å². The molecule has 6 heteroatoms. The number of likely N-dealkylation sites (N-methyl/N-ethyl adjacent to an activating group) is 2. The molecule has 0 aromatic heterocycles. The van der Waals surface area contributed by atoms with Crippen LogP contribution in [0.2, 0.25) is 0 Å². The lowest BCUT2D eigenvalue weighted by atomic mass is 10.2. The van der Waals surface area contributed by atoms with Gasteiger partial charge in [0, 0.05) is 33.2 Å². The fraction of sp³-hybridized carbons (Fsp3) is 0.733. The van der Waals surface area contributed by atoms with E-state index >= 15 is 0 Å². The van der Waals surface area contributed by atoms with Gasteiger partial charge < -0.3 is 15.5 Å². The molecule has 1 rings (SSSR count). The average molecular weight is 295 g/mol. The quantitative estimate of drug-likeness (QED) is 0.402. The van der Waals surface area contributed by atoms with Gasteiger partial charge >= 0.3 is 0 Å². The van der Waals surface area contributed by atoms with Gasteiger partial charge in [-0.1, -0.05) is 13.0 Å². The zero-order valence-electron chi connectivity index (χ0n) is 13.6. The third kappa shape index (κ3) is 6.16. The molecule has 1 aliphatic rings. The molecule has 1 amide bonds. The Balaban J connectivity index is 2.50. The number of aliphatic imine (C=N–C) groups is 1. The Morgan fingerprint density at radius 1 is 1.48 bits per heavy atom. The van der Waals surface area contributed by atoms with E-state index in [4.69, 9.17) is 0 Å². The number of carbonyl (C=O) groups excluding carboxylic acids is 1. The number of nitrogens with one attached hydrogen (secondary N) is 2. The summed E-state index contributed by atoms with van der Waals surface area (Å²) in [5, 5.41) is 6.49. The minimum atomic E-state index is -0.00856. The number of hydrogen-bond acceptors (Lipinski definition) is 3. The van der Waals surface area contributed by atoms with Crippen LogP contribution in [0, 0.1) is 0 Å². The molecular weight excluding hydrogens is 266 g/mol. The zero-order valence-corrected chi connectivity index (χ0v) is 13.6. The fourth-order valence-corrected chi connectivity index (χ4v) is 2.39. The van der Waals surface area contributed by atoms with Crippen LogP contribution in [0.25, 0.3) is 0 Å². The number of hydrogen-bond donors (Lipinski definition) is 2. The predicted molar refractivity (Wildman–Crippen MR) is 87.5 cm³/mol. The predicted octanol–water partition coefficient (Wildman–Crippen LogP) is 0.280. The highest BCUT2D eigenvalue weighted by Crippen LogP contribution is 2.15. The number of likely N-dealkylation sites (tertiary alicyclic amines) is 1. The third-order valence-electron chi connectivity index (χ3n) is 3.70. The van der Waals surface area contributed by atoms with E-state index in [1.54, 1.807) is 25.1 Å². The van der Waals surface area contributed by atoms with Gasteiger partial charge in [-0.15, -0.1) is 6.58 Å². The van der Waals surface area contributed by atoms with Gasteiger partial charge in [0.25, 0.3) is 0 Å². The Bertz CT molecular complexity index is 367. The van der Waals surface area contributed by atoms with Crippen molar-refractivity contribution < 1.29 is 4.79 Å². The first-order valence-electron chi connectivity index (χ1n) is 7.65. The second-order valence-corrected chi connectivity index (χ2v) is 5.43. The van der Waals surface area contributed by atoms with Crippen LogP contribution in [0.3, 0.4) is 0 Å². The summed E-state index contributed by atoms with van der Waals surface area (Å²) in [6.45, 7) is 9.78. The summed E-state index contributed by atoms with van der Waals surface area (Å²) in [6.07, 6.45) is 4.25. The Labute approximate surface area is 128 Å². The monoisotopic (exact) mass is 295 g/mol. The highest BCUT2D eigenvalue weighted by Gasteiger charge is 2.22. The molecule has 1 saturated heterocycles. The summed E-state index contributed by atoms with van der Waals surface area (Å²) < 4.78 is 0. The molecule has 1 unspecified atom stereocenters. The molecule has 0 spiro atoms. The van der Waals surface area contributed by atoms with Crippen LogP contribution in [0.4, 0.5) is 0 Å². The standard InChI is InChI=1S/C15H29N5O/c1-5-9-16-15(18-12-14(21)19(3)4)17-11-13-8-7-10-20(13)6-2/h5,13H,1,6-12H2,2-4H3,(H2,16,17,18). The van der Waals surface area contributed by atoms with Crippen LogP contribution in [0.15, 0.2) is 17.6 Å². The number of amides is 1. The van der Waals surface area contributed by atoms with Gasteiger partial charge in [0.05, 0.1) is 0 Å².